The smallest absolute Gasteiger partial charge is 0.289 e. The highest BCUT2D eigenvalue weighted by atomic mass is 16.5. The van der Waals surface area contributed by atoms with Crippen molar-refractivity contribution in [1.82, 2.24) is 14.9 Å². The molecule has 1 aromatic carbocycles. The highest BCUT2D eigenvalue weighted by Gasteiger charge is 2.24. The Kier molecular flexibility index (Phi) is 5.09. The largest absolute Gasteiger partial charge is 0.495 e. The highest BCUT2D eigenvalue weighted by molar-refractivity contribution is 5.91. The maximum atomic E-state index is 12.4. The Labute approximate surface area is 162 Å². The molecule has 0 spiro atoms. The second-order valence-corrected chi connectivity index (χ2v) is 6.34. The molecule has 0 aliphatic carbocycles. The third-order valence-electron chi connectivity index (χ3n) is 4.65. The van der Waals surface area contributed by atoms with Gasteiger partial charge in [-0.3, -0.25) is 4.79 Å². The van der Waals surface area contributed by atoms with Crippen molar-refractivity contribution in [2.24, 2.45) is 0 Å². The Morgan fingerprint density at radius 3 is 2.68 bits per heavy atom. The monoisotopic (exact) mass is 379 g/mol. The summed E-state index contributed by atoms with van der Waals surface area (Å²) in [5.41, 5.74) is 0.837. The van der Waals surface area contributed by atoms with E-state index in [0.717, 1.165) is 17.3 Å². The van der Waals surface area contributed by atoms with Gasteiger partial charge in [-0.15, -0.1) is 0 Å². The van der Waals surface area contributed by atoms with Gasteiger partial charge in [0.05, 0.1) is 19.1 Å². The van der Waals surface area contributed by atoms with Crippen LogP contribution in [0, 0.1) is 0 Å². The number of methoxy groups -OCH3 is 1. The molecule has 1 aliphatic rings. The molecule has 2 aromatic heterocycles. The highest BCUT2D eigenvalue weighted by Crippen LogP contribution is 2.27. The van der Waals surface area contributed by atoms with Gasteiger partial charge < -0.3 is 24.3 Å². The molecule has 28 heavy (non-hydrogen) atoms. The lowest BCUT2D eigenvalue weighted by atomic mass is 10.2. The van der Waals surface area contributed by atoms with Gasteiger partial charge in [-0.05, 0) is 24.3 Å². The molecule has 0 radical (unpaired) electrons. The number of hydrogen-bond donors (Lipinski definition) is 1. The van der Waals surface area contributed by atoms with E-state index in [1.54, 1.807) is 24.1 Å². The summed E-state index contributed by atoms with van der Waals surface area (Å²) in [4.78, 5) is 25.0. The first kappa shape index (κ1) is 17.8. The Balaban J connectivity index is 1.42. The van der Waals surface area contributed by atoms with Gasteiger partial charge in [0.2, 0.25) is 0 Å². The maximum absolute atomic E-state index is 12.4. The number of ether oxygens (including phenoxy) is 1. The van der Waals surface area contributed by atoms with Gasteiger partial charge in [-0.25, -0.2) is 9.97 Å². The number of amides is 1. The van der Waals surface area contributed by atoms with E-state index in [-0.39, 0.29) is 5.91 Å². The fourth-order valence-corrected chi connectivity index (χ4v) is 3.17. The zero-order valence-corrected chi connectivity index (χ0v) is 15.5. The first-order chi connectivity index (χ1) is 13.7. The molecule has 144 valence electrons. The van der Waals surface area contributed by atoms with Crippen LogP contribution in [0.3, 0.4) is 0 Å². The van der Waals surface area contributed by atoms with E-state index >= 15 is 0 Å². The first-order valence-corrected chi connectivity index (χ1v) is 9.04. The van der Waals surface area contributed by atoms with E-state index < -0.39 is 0 Å². The van der Waals surface area contributed by atoms with Crippen molar-refractivity contribution < 1.29 is 13.9 Å². The number of para-hydroxylation sites is 2. The Bertz CT molecular complexity index is 937. The van der Waals surface area contributed by atoms with Gasteiger partial charge in [0.15, 0.2) is 5.76 Å². The van der Waals surface area contributed by atoms with Crippen LogP contribution in [-0.2, 0) is 0 Å². The van der Waals surface area contributed by atoms with Gasteiger partial charge in [-0.1, -0.05) is 12.1 Å². The molecule has 8 nitrogen and oxygen atoms in total. The molecule has 0 bridgehead atoms. The van der Waals surface area contributed by atoms with Gasteiger partial charge in [-0.2, -0.15) is 0 Å². The summed E-state index contributed by atoms with van der Waals surface area (Å²) in [6.45, 7) is 2.60. The van der Waals surface area contributed by atoms with Crippen molar-refractivity contribution in [3.05, 3.63) is 60.8 Å². The van der Waals surface area contributed by atoms with E-state index in [9.17, 15) is 4.79 Å². The molecule has 8 heteroatoms. The zero-order valence-electron chi connectivity index (χ0n) is 15.5. The lowest BCUT2D eigenvalue weighted by Gasteiger charge is -2.35. The van der Waals surface area contributed by atoms with Crippen LogP contribution in [0.4, 0.5) is 17.3 Å². The predicted octanol–water partition coefficient (Wildman–Crippen LogP) is 2.78. The van der Waals surface area contributed by atoms with Crippen LogP contribution in [-0.4, -0.2) is 54.1 Å². The molecule has 4 rings (SSSR count). The van der Waals surface area contributed by atoms with E-state index in [1.165, 1.54) is 12.6 Å². The number of rotatable bonds is 5. The SMILES string of the molecule is COc1ccccc1Nc1cc(N2CCN(C(=O)c3ccco3)CC2)ncn1. The molecular weight excluding hydrogens is 358 g/mol. The summed E-state index contributed by atoms with van der Waals surface area (Å²) in [6, 6.07) is 13.0. The molecule has 1 fully saturated rings. The number of hydrogen-bond acceptors (Lipinski definition) is 7. The summed E-state index contributed by atoms with van der Waals surface area (Å²) in [6.07, 6.45) is 3.05. The van der Waals surface area contributed by atoms with E-state index in [0.29, 0.717) is 37.8 Å². The molecule has 3 heterocycles. The fourth-order valence-electron chi connectivity index (χ4n) is 3.17. The number of carbonyl (C=O) groups excluding carboxylic acids is 1. The Morgan fingerprint density at radius 1 is 1.11 bits per heavy atom. The van der Waals surface area contributed by atoms with Crippen LogP contribution >= 0.6 is 0 Å². The number of anilines is 3. The Morgan fingerprint density at radius 2 is 1.93 bits per heavy atom. The standard InChI is InChI=1S/C20H21N5O3/c1-27-16-6-3-2-5-15(16)23-18-13-19(22-14-21-18)24-8-10-25(11-9-24)20(26)17-7-4-12-28-17/h2-7,12-14H,8-11H2,1H3,(H,21,22,23). The van der Waals surface area contributed by atoms with Gasteiger partial charge >= 0.3 is 0 Å². The van der Waals surface area contributed by atoms with Crippen molar-refractivity contribution in [1.29, 1.82) is 0 Å². The fraction of sp³-hybridized carbons (Fsp3) is 0.250. The molecule has 1 N–H and O–H groups in total. The second-order valence-electron chi connectivity index (χ2n) is 6.34. The van der Waals surface area contributed by atoms with E-state index in [1.807, 2.05) is 30.3 Å². The maximum Gasteiger partial charge on any atom is 0.289 e. The third-order valence-corrected chi connectivity index (χ3v) is 4.65. The summed E-state index contributed by atoms with van der Waals surface area (Å²) in [7, 11) is 1.63. The van der Waals surface area contributed by atoms with Crippen molar-refractivity contribution >= 4 is 23.2 Å². The van der Waals surface area contributed by atoms with Crippen molar-refractivity contribution in [2.75, 3.05) is 43.5 Å². The number of furan rings is 1. The van der Waals surface area contributed by atoms with Crippen LogP contribution in [0.5, 0.6) is 5.75 Å². The van der Waals surface area contributed by atoms with E-state index in [4.69, 9.17) is 9.15 Å². The molecule has 3 aromatic rings. The summed E-state index contributed by atoms with van der Waals surface area (Å²) >= 11 is 0. The Hall–Kier alpha value is -3.55. The minimum absolute atomic E-state index is 0.0779. The van der Waals surface area contributed by atoms with Crippen molar-refractivity contribution in [3.63, 3.8) is 0 Å². The van der Waals surface area contributed by atoms with Crippen LogP contribution in [0.2, 0.25) is 0 Å². The number of aromatic nitrogens is 2. The van der Waals surface area contributed by atoms with Crippen LogP contribution in [0.15, 0.2) is 59.5 Å². The van der Waals surface area contributed by atoms with Crippen LogP contribution < -0.4 is 15.0 Å². The quantitative estimate of drug-likeness (QED) is 0.730. The lowest BCUT2D eigenvalue weighted by Crippen LogP contribution is -2.49. The minimum Gasteiger partial charge on any atom is -0.495 e. The second kappa shape index (κ2) is 7.99. The molecule has 1 saturated heterocycles. The molecule has 1 amide bonds. The predicted molar refractivity (Wildman–Crippen MR) is 105 cm³/mol. The van der Waals surface area contributed by atoms with Crippen LogP contribution in [0.25, 0.3) is 0 Å². The van der Waals surface area contributed by atoms with Crippen molar-refractivity contribution in [2.45, 2.75) is 0 Å². The average molecular weight is 379 g/mol. The summed E-state index contributed by atoms with van der Waals surface area (Å²) in [5.74, 6) is 2.54. The molecule has 1 aliphatic heterocycles. The van der Waals surface area contributed by atoms with Crippen LogP contribution in [0.1, 0.15) is 10.6 Å². The topological polar surface area (TPSA) is 83.7 Å². The summed E-state index contributed by atoms with van der Waals surface area (Å²) in [5, 5.41) is 3.27. The third kappa shape index (κ3) is 3.75. The molecular formula is C20H21N5O3. The number of nitrogens with zero attached hydrogens (tertiary/aromatic N) is 4. The molecule has 0 saturated carbocycles. The average Bonchev–Trinajstić information content (AvgIpc) is 3.29. The molecule has 0 atom stereocenters. The number of carbonyl (C=O) groups is 1. The minimum atomic E-state index is -0.0779. The van der Waals surface area contributed by atoms with Gasteiger partial charge in [0.25, 0.3) is 5.91 Å². The number of nitrogens with one attached hydrogen (secondary N) is 1. The lowest BCUT2D eigenvalue weighted by molar-refractivity contribution is 0.0714. The molecule has 0 unspecified atom stereocenters. The van der Waals surface area contributed by atoms with E-state index in [2.05, 4.69) is 20.2 Å². The van der Waals surface area contributed by atoms with Crippen molar-refractivity contribution in [3.8, 4) is 5.75 Å². The first-order valence-electron chi connectivity index (χ1n) is 9.04. The normalized spacial score (nSPS) is 14.0. The number of piperazine rings is 1. The van der Waals surface area contributed by atoms with Gasteiger partial charge in [0.1, 0.15) is 23.7 Å². The number of benzene rings is 1. The van der Waals surface area contributed by atoms with Gasteiger partial charge in [0, 0.05) is 32.2 Å². The summed E-state index contributed by atoms with van der Waals surface area (Å²) < 4.78 is 10.6. The zero-order chi connectivity index (χ0) is 19.3.